The van der Waals surface area contributed by atoms with Gasteiger partial charge in [-0.05, 0) is 68.1 Å². The number of nitrogens with zero attached hydrogens (tertiary/aromatic N) is 2. The summed E-state index contributed by atoms with van der Waals surface area (Å²) in [5.41, 5.74) is 0.234. The maximum atomic E-state index is 13.3. The van der Waals surface area contributed by atoms with Crippen molar-refractivity contribution in [1.29, 1.82) is 0 Å². The van der Waals surface area contributed by atoms with Crippen molar-refractivity contribution in [3.63, 3.8) is 0 Å². The zero-order valence-corrected chi connectivity index (χ0v) is 33.0. The molecule has 4 aromatic rings. The van der Waals surface area contributed by atoms with E-state index in [1.54, 1.807) is 18.2 Å². The van der Waals surface area contributed by atoms with Crippen LogP contribution in [0, 0.1) is 0 Å². The van der Waals surface area contributed by atoms with Gasteiger partial charge in [0.05, 0.1) is 24.6 Å². The van der Waals surface area contributed by atoms with Crippen LogP contribution in [0.1, 0.15) is 79.8 Å². The number of phenolic OH excluding ortho intramolecular Hbond substituents is 2. The van der Waals surface area contributed by atoms with E-state index in [0.29, 0.717) is 36.0 Å². The van der Waals surface area contributed by atoms with Gasteiger partial charge < -0.3 is 59.2 Å². The number of hydrogen-bond acceptors (Lipinski definition) is 15. The smallest absolute Gasteiger partial charge is 0.490 e. The summed E-state index contributed by atoms with van der Waals surface area (Å²) in [7, 11) is -16.5. The minimum Gasteiger partial charge on any atom is -0.508 e. The first-order valence-corrected chi connectivity index (χ1v) is 22.1. The number of phosphoric acid groups is 3. The minimum atomic E-state index is -5.65. The van der Waals surface area contributed by atoms with Crippen LogP contribution in [0.2, 0.25) is 0 Å². The van der Waals surface area contributed by atoms with Crippen LogP contribution in [0.15, 0.2) is 67.1 Å². The van der Waals surface area contributed by atoms with Crippen molar-refractivity contribution in [2.45, 2.75) is 43.6 Å². The molecule has 4 heterocycles. The number of aromatic hydroxyl groups is 2. The van der Waals surface area contributed by atoms with E-state index in [1.165, 1.54) is 53.5 Å². The van der Waals surface area contributed by atoms with Gasteiger partial charge in [0.1, 0.15) is 34.9 Å². The molecule has 3 aromatic carbocycles. The minimum absolute atomic E-state index is 0.0684. The number of unbranched alkanes of at least 4 members (excludes halogenated alkanes) is 1. The number of carbonyl (C=O) groups is 3. The van der Waals surface area contributed by atoms with Crippen LogP contribution in [0.5, 0.6) is 23.0 Å². The summed E-state index contributed by atoms with van der Waals surface area (Å²) in [6, 6.07) is 13.3. The molecule has 25 heteroatoms. The molecule has 8 N–H and O–H groups in total. The van der Waals surface area contributed by atoms with Crippen molar-refractivity contribution in [2.75, 3.05) is 19.7 Å². The third-order valence-electron chi connectivity index (χ3n) is 9.30. The highest BCUT2D eigenvalue weighted by atomic mass is 31.3. The molecule has 3 aliphatic heterocycles. The average molecular weight is 881 g/mol. The lowest BCUT2D eigenvalue weighted by Gasteiger charge is -2.36. The number of benzene rings is 3. The monoisotopic (exact) mass is 880 g/mol. The number of nitrogens with one attached hydrogen (secondary N) is 2. The normalized spacial score (nSPS) is 19.7. The third kappa shape index (κ3) is 9.28. The Kier molecular flexibility index (Phi) is 11.6. The van der Waals surface area contributed by atoms with Gasteiger partial charge in [-0.25, -0.2) is 23.5 Å². The van der Waals surface area contributed by atoms with Crippen molar-refractivity contribution >= 4 is 41.3 Å². The van der Waals surface area contributed by atoms with Crippen molar-refractivity contribution in [1.82, 2.24) is 20.2 Å². The van der Waals surface area contributed by atoms with Crippen LogP contribution >= 0.6 is 23.5 Å². The Labute approximate surface area is 333 Å². The number of hydrogen-bond donors (Lipinski definition) is 8. The number of ether oxygens (including phenoxy) is 3. The van der Waals surface area contributed by atoms with Crippen LogP contribution < -0.4 is 15.4 Å². The van der Waals surface area contributed by atoms with Crippen LogP contribution in [-0.2, 0) is 41.9 Å². The van der Waals surface area contributed by atoms with E-state index in [2.05, 4.69) is 28.8 Å². The topological polar surface area (TPSA) is 321 Å². The van der Waals surface area contributed by atoms with E-state index >= 15 is 0 Å². The molecule has 1 spiro atoms. The van der Waals surface area contributed by atoms with Gasteiger partial charge in [0, 0.05) is 53.7 Å². The largest absolute Gasteiger partial charge is 0.508 e. The molecule has 2 unspecified atom stereocenters. The zero-order valence-electron chi connectivity index (χ0n) is 30.3. The number of phenols is 2. The number of phosphoric ester groups is 1. The Bertz CT molecular complexity index is 2420. The summed E-state index contributed by atoms with van der Waals surface area (Å²) in [6.45, 7) is -0.107. The second kappa shape index (κ2) is 16.2. The van der Waals surface area contributed by atoms with Gasteiger partial charge in [0.25, 0.3) is 11.8 Å². The summed E-state index contributed by atoms with van der Waals surface area (Å²) in [6.07, 6.45) is 2.93. The lowest BCUT2D eigenvalue weighted by atomic mass is 9.77. The second-order valence-electron chi connectivity index (χ2n) is 13.4. The fraction of sp³-hybridized carbons (Fsp3) is 0.294. The van der Waals surface area contributed by atoms with E-state index in [9.17, 15) is 48.1 Å². The van der Waals surface area contributed by atoms with Crippen molar-refractivity contribution in [2.24, 2.45) is 0 Å². The molecular formula is C34H35N4O18P3. The number of carbonyl (C=O) groups excluding carboxylic acids is 3. The summed E-state index contributed by atoms with van der Waals surface area (Å²) < 4.78 is 65.5. The predicted octanol–water partition coefficient (Wildman–Crippen LogP) is 3.82. The van der Waals surface area contributed by atoms with Gasteiger partial charge in [-0.2, -0.15) is 8.62 Å². The summed E-state index contributed by atoms with van der Waals surface area (Å²) in [5, 5.41) is 25.9. The highest BCUT2D eigenvalue weighted by Gasteiger charge is 2.54. The number of rotatable bonds is 15. The maximum Gasteiger partial charge on any atom is 0.490 e. The van der Waals surface area contributed by atoms with Crippen molar-refractivity contribution in [3.8, 4) is 23.0 Å². The Hall–Kier alpha value is -4.95. The lowest BCUT2D eigenvalue weighted by molar-refractivity contribution is -0.0221. The van der Waals surface area contributed by atoms with Crippen LogP contribution in [0.4, 0.5) is 0 Å². The molecule has 59 heavy (non-hydrogen) atoms. The number of fused-ring (bicyclic) bond motifs is 6. The Morgan fingerprint density at radius 1 is 0.831 bits per heavy atom. The summed E-state index contributed by atoms with van der Waals surface area (Å²) in [5.74, 6) is -1.32. The number of aromatic nitrogens is 2. The molecule has 4 atom stereocenters. The Morgan fingerprint density at radius 3 is 2.12 bits per heavy atom. The molecule has 1 aromatic heterocycles. The molecule has 3 aliphatic rings. The van der Waals surface area contributed by atoms with Crippen molar-refractivity contribution < 1.29 is 85.2 Å². The fourth-order valence-corrected chi connectivity index (χ4v) is 9.86. The fourth-order valence-electron chi connectivity index (χ4n) is 6.81. The SMILES string of the molecule is O=C(NCCCCNC(=O)c1cn([C@@H]2CC[C@@H](COP(=O)(O)OP(=O)(O)OP(=O)(O)O)O2)cn1)c1ccc2c(c1)C1(OC2=O)c2ccc(O)cc2Oc2cc(O)ccc21. The third-order valence-corrected chi connectivity index (χ3v) is 13.1. The van der Waals surface area contributed by atoms with Gasteiger partial charge in [0.2, 0.25) is 0 Å². The quantitative estimate of drug-likeness (QED) is 0.0478. The molecule has 22 nitrogen and oxygen atoms in total. The van der Waals surface area contributed by atoms with Gasteiger partial charge >= 0.3 is 29.4 Å². The molecule has 2 amide bonds. The maximum absolute atomic E-state index is 13.3. The van der Waals surface area contributed by atoms with Gasteiger partial charge in [-0.3, -0.25) is 14.1 Å². The zero-order chi connectivity index (χ0) is 42.3. The first-order chi connectivity index (χ1) is 27.8. The molecule has 7 rings (SSSR count). The highest BCUT2D eigenvalue weighted by molar-refractivity contribution is 7.66. The molecule has 0 aliphatic carbocycles. The van der Waals surface area contributed by atoms with E-state index in [-0.39, 0.29) is 59.3 Å². The first kappa shape index (κ1) is 42.2. The molecule has 0 bridgehead atoms. The van der Waals surface area contributed by atoms with E-state index < -0.39 is 65.8 Å². The van der Waals surface area contributed by atoms with Crippen LogP contribution in [0.3, 0.4) is 0 Å². The predicted molar refractivity (Wildman–Crippen MR) is 197 cm³/mol. The van der Waals surface area contributed by atoms with Gasteiger partial charge in [-0.15, -0.1) is 0 Å². The van der Waals surface area contributed by atoms with Crippen LogP contribution in [-0.4, -0.2) is 82.9 Å². The highest BCUT2D eigenvalue weighted by Crippen LogP contribution is 2.66. The van der Waals surface area contributed by atoms with Crippen LogP contribution in [0.25, 0.3) is 0 Å². The first-order valence-electron chi connectivity index (χ1n) is 17.6. The summed E-state index contributed by atoms with van der Waals surface area (Å²) >= 11 is 0. The standard InChI is InChI=1S/C34H35N4O18P3/c39-20-4-8-24-28(14-20)53-29-15-21(40)5-9-25(29)34(24)26-13-19(3-7-23(26)33(43)54-34)31(41)35-11-1-2-12-36-32(42)27-16-38(18-37-27)30-10-6-22(52-30)17-51-58(47,48)56-59(49,50)55-57(44,45)46/h3-5,7-9,13-16,18,22,30,39-40H,1-2,6,10-12,17H2,(H,35,41)(H,36,42)(H,47,48)(H,49,50)(H2,44,45,46)/t22-,30-/m0/s1. The van der Waals surface area contributed by atoms with Gasteiger partial charge in [-0.1, -0.05) is 0 Å². The van der Waals surface area contributed by atoms with Crippen molar-refractivity contribution in [3.05, 3.63) is 101 Å². The molecule has 0 saturated carbocycles. The summed E-state index contributed by atoms with van der Waals surface area (Å²) in [4.78, 5) is 79.6. The average Bonchev–Trinajstić information content (AvgIpc) is 3.89. The number of amides is 2. The molecule has 1 fully saturated rings. The lowest BCUT2D eigenvalue weighted by Crippen LogP contribution is -2.33. The molecule has 1 saturated heterocycles. The molecule has 314 valence electrons. The number of esters is 1. The van der Waals surface area contributed by atoms with E-state index in [4.69, 9.17) is 24.0 Å². The molecule has 0 radical (unpaired) electrons. The van der Waals surface area contributed by atoms with Gasteiger partial charge in [0.15, 0.2) is 5.60 Å². The molecular weight excluding hydrogens is 845 g/mol. The Balaban J connectivity index is 0.882. The van der Waals surface area contributed by atoms with E-state index in [1.807, 2.05) is 0 Å². The second-order valence-corrected chi connectivity index (χ2v) is 17.8. The Morgan fingerprint density at radius 2 is 1.47 bits per heavy atom. The number of imidazole rings is 1. The van der Waals surface area contributed by atoms with E-state index in [0.717, 1.165) is 0 Å².